The van der Waals surface area contributed by atoms with Crippen molar-refractivity contribution in [2.75, 3.05) is 6.35 Å². The zero-order chi connectivity index (χ0) is 19.1. The molecule has 0 saturated heterocycles. The Kier molecular flexibility index (Phi) is 4.85. The van der Waals surface area contributed by atoms with Crippen LogP contribution in [0.25, 0.3) is 11.3 Å². The normalized spacial score (nSPS) is 13.7. The summed E-state index contributed by atoms with van der Waals surface area (Å²) in [5.74, 6) is -0.880. The number of primary amides is 1. The van der Waals surface area contributed by atoms with Crippen molar-refractivity contribution < 1.29 is 28.7 Å². The molecule has 0 fully saturated rings. The van der Waals surface area contributed by atoms with Crippen LogP contribution in [0, 0.1) is 0 Å². The third kappa shape index (κ3) is 3.63. The Bertz CT molecular complexity index is 937. The summed E-state index contributed by atoms with van der Waals surface area (Å²) in [6.45, 7) is 1.48. The highest BCUT2D eigenvalue weighted by Crippen LogP contribution is 2.46. The lowest BCUT2D eigenvalue weighted by atomic mass is 10.0. The van der Waals surface area contributed by atoms with Crippen LogP contribution >= 0.6 is 18.9 Å². The van der Waals surface area contributed by atoms with Crippen LogP contribution in [0.15, 0.2) is 17.6 Å². The van der Waals surface area contributed by atoms with E-state index in [9.17, 15) is 14.2 Å². The van der Waals surface area contributed by atoms with Gasteiger partial charge in [0.2, 0.25) is 5.91 Å². The van der Waals surface area contributed by atoms with E-state index in [1.165, 1.54) is 30.4 Å². The summed E-state index contributed by atoms with van der Waals surface area (Å²) < 4.78 is 16.4. The first-order valence-electron chi connectivity index (χ1n) is 7.53. The Labute approximate surface area is 152 Å². The summed E-state index contributed by atoms with van der Waals surface area (Å²) in [6.07, 6.45) is -0.334. The Morgan fingerprint density at radius 1 is 1.46 bits per heavy atom. The second kappa shape index (κ2) is 6.81. The van der Waals surface area contributed by atoms with Gasteiger partial charge in [-0.2, -0.15) is 0 Å². The molecule has 9 nitrogen and oxygen atoms in total. The van der Waals surface area contributed by atoms with E-state index in [-0.39, 0.29) is 5.75 Å². The van der Waals surface area contributed by atoms with E-state index in [1.807, 2.05) is 0 Å². The summed E-state index contributed by atoms with van der Waals surface area (Å²) in [6, 6.07) is 2.12. The molecule has 1 aliphatic rings. The SMILES string of the molecule is C[C@@H](NC(=O)c1ccc(OCP(=O)(O)O)c2c1Cc1scnc1-2)C(N)=O. The van der Waals surface area contributed by atoms with E-state index in [0.29, 0.717) is 28.8 Å². The molecule has 11 heteroatoms. The zero-order valence-corrected chi connectivity index (χ0v) is 15.3. The molecule has 26 heavy (non-hydrogen) atoms. The number of thiazole rings is 1. The smallest absolute Gasteiger partial charge is 0.362 e. The molecule has 5 N–H and O–H groups in total. The van der Waals surface area contributed by atoms with Gasteiger partial charge in [0.1, 0.15) is 11.8 Å². The molecule has 1 aromatic heterocycles. The van der Waals surface area contributed by atoms with Crippen molar-refractivity contribution in [2.45, 2.75) is 19.4 Å². The third-order valence-electron chi connectivity index (χ3n) is 3.90. The highest BCUT2D eigenvalue weighted by atomic mass is 32.1. The number of carbonyl (C=O) groups excluding carboxylic acids is 2. The summed E-state index contributed by atoms with van der Waals surface area (Å²) in [5, 5.41) is 2.52. The van der Waals surface area contributed by atoms with Crippen LogP contribution in [0.1, 0.15) is 27.7 Å². The lowest BCUT2D eigenvalue weighted by Crippen LogP contribution is -2.42. The maximum Gasteiger partial charge on any atom is 0.362 e. The molecule has 3 rings (SSSR count). The van der Waals surface area contributed by atoms with Crippen LogP contribution in [-0.4, -0.2) is 39.0 Å². The van der Waals surface area contributed by atoms with Crippen LogP contribution in [0.2, 0.25) is 0 Å². The minimum atomic E-state index is -4.36. The predicted molar refractivity (Wildman–Crippen MR) is 94.0 cm³/mol. The summed E-state index contributed by atoms with van der Waals surface area (Å²) in [7, 11) is -4.36. The number of ether oxygens (including phenoxy) is 1. The number of hydrogen-bond donors (Lipinski definition) is 4. The van der Waals surface area contributed by atoms with E-state index in [0.717, 1.165) is 4.88 Å². The lowest BCUT2D eigenvalue weighted by Gasteiger charge is -2.16. The van der Waals surface area contributed by atoms with Crippen LogP contribution in [0.4, 0.5) is 0 Å². The first-order valence-corrected chi connectivity index (χ1v) is 10.2. The quantitative estimate of drug-likeness (QED) is 0.450. The molecule has 0 radical (unpaired) electrons. The number of carbonyl (C=O) groups is 2. The van der Waals surface area contributed by atoms with Crippen molar-refractivity contribution in [3.05, 3.63) is 33.6 Å². The van der Waals surface area contributed by atoms with E-state index in [2.05, 4.69) is 10.3 Å². The van der Waals surface area contributed by atoms with E-state index in [1.54, 1.807) is 5.51 Å². The minimum Gasteiger partial charge on any atom is -0.480 e. The molecule has 1 heterocycles. The van der Waals surface area contributed by atoms with Crippen LogP contribution < -0.4 is 15.8 Å². The van der Waals surface area contributed by atoms with Gasteiger partial charge in [-0.3, -0.25) is 14.2 Å². The molecule has 1 atom stereocenters. The van der Waals surface area contributed by atoms with Crippen molar-refractivity contribution in [2.24, 2.45) is 5.73 Å². The Morgan fingerprint density at radius 2 is 2.19 bits per heavy atom. The van der Waals surface area contributed by atoms with Gasteiger partial charge in [0.25, 0.3) is 5.91 Å². The third-order valence-corrected chi connectivity index (χ3v) is 5.20. The van der Waals surface area contributed by atoms with Crippen molar-refractivity contribution in [1.29, 1.82) is 0 Å². The van der Waals surface area contributed by atoms with Gasteiger partial charge in [-0.1, -0.05) is 0 Å². The number of nitrogens with one attached hydrogen (secondary N) is 1. The molecule has 1 aromatic carbocycles. The fourth-order valence-electron chi connectivity index (χ4n) is 2.66. The summed E-state index contributed by atoms with van der Waals surface area (Å²) >= 11 is 1.41. The van der Waals surface area contributed by atoms with E-state index in [4.69, 9.17) is 20.3 Å². The first-order chi connectivity index (χ1) is 12.2. The van der Waals surface area contributed by atoms with Gasteiger partial charge in [-0.25, -0.2) is 4.98 Å². The highest BCUT2D eigenvalue weighted by Gasteiger charge is 2.31. The van der Waals surface area contributed by atoms with E-state index >= 15 is 0 Å². The molecule has 0 spiro atoms. The van der Waals surface area contributed by atoms with Crippen molar-refractivity contribution >= 4 is 30.7 Å². The Morgan fingerprint density at radius 3 is 2.85 bits per heavy atom. The molecule has 2 amide bonds. The predicted octanol–water partition coefficient (Wildman–Crippen LogP) is 0.832. The fourth-order valence-corrected chi connectivity index (χ4v) is 3.75. The topological polar surface area (TPSA) is 152 Å². The Balaban J connectivity index is 1.99. The molecule has 0 saturated carbocycles. The molecular weight excluding hydrogens is 381 g/mol. The molecule has 0 bridgehead atoms. The molecule has 2 aromatic rings. The summed E-state index contributed by atoms with van der Waals surface area (Å²) in [4.78, 5) is 47.0. The number of fused-ring (bicyclic) bond motifs is 3. The zero-order valence-electron chi connectivity index (χ0n) is 13.6. The van der Waals surface area contributed by atoms with Gasteiger partial charge in [0, 0.05) is 22.4 Å². The van der Waals surface area contributed by atoms with Gasteiger partial charge in [0.15, 0.2) is 6.35 Å². The Hall–Kier alpha value is -2.26. The largest absolute Gasteiger partial charge is 0.480 e. The number of nitrogens with zero attached hydrogens (tertiary/aromatic N) is 1. The highest BCUT2D eigenvalue weighted by molar-refractivity contribution is 7.51. The number of benzene rings is 1. The number of hydrogen-bond acceptors (Lipinski definition) is 6. The standard InChI is InChI=1S/C15H16N3O6PS/c1-7(14(16)19)18-15(20)8-2-3-10(24-6-25(21,22)23)12-9(8)4-11-13(12)17-5-26-11/h2-3,5,7H,4,6H2,1H3,(H2,16,19)(H,18,20)(H2,21,22,23)/t7-/m1/s1. The van der Waals surface area contributed by atoms with Gasteiger partial charge < -0.3 is 25.6 Å². The van der Waals surface area contributed by atoms with Gasteiger partial charge in [-0.15, -0.1) is 11.3 Å². The molecule has 138 valence electrons. The summed E-state index contributed by atoms with van der Waals surface area (Å²) in [5.41, 5.74) is 8.97. The molecular formula is C15H16N3O6PS. The fraction of sp³-hybridized carbons (Fsp3) is 0.267. The molecule has 1 aliphatic carbocycles. The lowest BCUT2D eigenvalue weighted by molar-refractivity contribution is -0.119. The average Bonchev–Trinajstić information content (AvgIpc) is 3.12. The van der Waals surface area contributed by atoms with Crippen LogP contribution in [0.3, 0.4) is 0 Å². The molecule has 0 aliphatic heterocycles. The van der Waals surface area contributed by atoms with E-state index < -0.39 is 31.8 Å². The average molecular weight is 397 g/mol. The number of aromatic nitrogens is 1. The van der Waals surface area contributed by atoms with Gasteiger partial charge >= 0.3 is 7.60 Å². The first kappa shape index (κ1) is 18.5. The number of amides is 2. The number of nitrogens with two attached hydrogens (primary N) is 1. The van der Waals surface area contributed by atoms with Gasteiger partial charge in [0.05, 0.1) is 11.2 Å². The maximum atomic E-state index is 12.5. The van der Waals surface area contributed by atoms with Crippen molar-refractivity contribution in [3.8, 4) is 17.0 Å². The molecule has 0 unspecified atom stereocenters. The second-order valence-corrected chi connectivity index (χ2v) is 8.33. The van der Waals surface area contributed by atoms with Crippen molar-refractivity contribution in [3.63, 3.8) is 0 Å². The second-order valence-electron chi connectivity index (χ2n) is 5.80. The van der Waals surface area contributed by atoms with Crippen LogP contribution in [-0.2, 0) is 15.8 Å². The minimum absolute atomic E-state index is 0.243. The van der Waals surface area contributed by atoms with Crippen LogP contribution in [0.5, 0.6) is 5.75 Å². The number of rotatable bonds is 6. The maximum absolute atomic E-state index is 12.5. The monoisotopic (exact) mass is 397 g/mol. The van der Waals surface area contributed by atoms with Gasteiger partial charge in [-0.05, 0) is 24.6 Å². The van der Waals surface area contributed by atoms with Crippen molar-refractivity contribution in [1.82, 2.24) is 10.3 Å².